The molecule has 0 heterocycles. The van der Waals surface area contributed by atoms with Crippen molar-refractivity contribution >= 4 is 5.97 Å². The second-order valence-corrected chi connectivity index (χ2v) is 2.73. The first-order chi connectivity index (χ1) is 5.94. The van der Waals surface area contributed by atoms with E-state index in [4.69, 9.17) is 0 Å². The molecule has 0 fully saturated rings. The third kappa shape index (κ3) is 3.10. The third-order valence-electron chi connectivity index (χ3n) is 1.67. The molecule has 0 aliphatic carbocycles. The SMILES string of the molecule is Cc1ccc(C(F)(F)C(=O)[O-])cc1.[K+]. The van der Waals surface area contributed by atoms with Crippen molar-refractivity contribution in [3.8, 4) is 0 Å². The Labute approximate surface area is 123 Å². The van der Waals surface area contributed by atoms with Gasteiger partial charge in [0.1, 0.15) is 5.97 Å². The molecule has 70 valence electrons. The molecule has 0 aromatic heterocycles. The van der Waals surface area contributed by atoms with E-state index >= 15 is 0 Å². The zero-order valence-electron chi connectivity index (χ0n) is 7.88. The number of carbonyl (C=O) groups excluding carboxylic acids is 1. The molecule has 0 saturated heterocycles. The Morgan fingerprint density at radius 1 is 1.29 bits per heavy atom. The van der Waals surface area contributed by atoms with Crippen LogP contribution in [-0.4, -0.2) is 5.97 Å². The molecule has 0 aliphatic heterocycles. The van der Waals surface area contributed by atoms with E-state index in [2.05, 4.69) is 0 Å². The zero-order valence-corrected chi connectivity index (χ0v) is 11.0. The van der Waals surface area contributed by atoms with Gasteiger partial charge in [-0.2, -0.15) is 8.78 Å². The van der Waals surface area contributed by atoms with Crippen LogP contribution in [-0.2, 0) is 10.7 Å². The first-order valence-electron chi connectivity index (χ1n) is 3.61. The molecule has 2 nitrogen and oxygen atoms in total. The molecule has 0 amide bonds. The maximum Gasteiger partial charge on any atom is 1.00 e. The van der Waals surface area contributed by atoms with Crippen molar-refractivity contribution < 1.29 is 70.1 Å². The number of alkyl halides is 2. The van der Waals surface area contributed by atoms with Crippen molar-refractivity contribution in [3.63, 3.8) is 0 Å². The number of hydrogen-bond acceptors (Lipinski definition) is 2. The van der Waals surface area contributed by atoms with E-state index in [1.54, 1.807) is 6.92 Å². The van der Waals surface area contributed by atoms with E-state index < -0.39 is 17.5 Å². The smallest absolute Gasteiger partial charge is 0.544 e. The van der Waals surface area contributed by atoms with Gasteiger partial charge >= 0.3 is 57.3 Å². The van der Waals surface area contributed by atoms with E-state index in [9.17, 15) is 18.7 Å². The van der Waals surface area contributed by atoms with Gasteiger partial charge in [0.05, 0.1) is 0 Å². The molecule has 0 radical (unpaired) electrons. The van der Waals surface area contributed by atoms with Crippen molar-refractivity contribution in [3.05, 3.63) is 35.4 Å². The van der Waals surface area contributed by atoms with Crippen LogP contribution in [0.4, 0.5) is 8.78 Å². The number of hydrogen-bond donors (Lipinski definition) is 0. The first-order valence-corrected chi connectivity index (χ1v) is 3.61. The van der Waals surface area contributed by atoms with E-state index in [0.717, 1.165) is 17.7 Å². The molecular formula is C9H7F2KO2. The van der Waals surface area contributed by atoms with E-state index in [-0.39, 0.29) is 51.4 Å². The Morgan fingerprint density at radius 3 is 2.07 bits per heavy atom. The molecule has 0 N–H and O–H groups in total. The Hall–Kier alpha value is 0.186. The quantitative estimate of drug-likeness (QED) is 0.537. The molecule has 1 rings (SSSR count). The Kier molecular flexibility index (Phi) is 5.39. The van der Waals surface area contributed by atoms with E-state index in [1.807, 2.05) is 0 Å². The minimum atomic E-state index is -3.91. The fraction of sp³-hybridized carbons (Fsp3) is 0.222. The van der Waals surface area contributed by atoms with Crippen LogP contribution in [0.3, 0.4) is 0 Å². The van der Waals surface area contributed by atoms with Gasteiger partial charge in [0.25, 0.3) is 0 Å². The molecule has 0 saturated carbocycles. The molecular weight excluding hydrogens is 217 g/mol. The van der Waals surface area contributed by atoms with Crippen molar-refractivity contribution in [2.24, 2.45) is 0 Å². The van der Waals surface area contributed by atoms with Gasteiger partial charge in [-0.1, -0.05) is 29.8 Å². The number of aliphatic carboxylic acids is 1. The van der Waals surface area contributed by atoms with E-state index in [1.165, 1.54) is 12.1 Å². The van der Waals surface area contributed by atoms with E-state index in [0.29, 0.717) is 0 Å². The van der Waals surface area contributed by atoms with Crippen LogP contribution < -0.4 is 56.5 Å². The summed E-state index contributed by atoms with van der Waals surface area (Å²) in [4.78, 5) is 10.0. The molecule has 0 unspecified atom stereocenters. The molecule has 0 aliphatic rings. The second-order valence-electron chi connectivity index (χ2n) is 2.73. The van der Waals surface area contributed by atoms with Crippen molar-refractivity contribution in [1.29, 1.82) is 0 Å². The van der Waals surface area contributed by atoms with Gasteiger partial charge in [-0.3, -0.25) is 0 Å². The standard InChI is InChI=1S/C9H8F2O2.K/c1-6-2-4-7(5-3-6)9(10,11)8(12)13;/h2-5H,1H3,(H,12,13);/q;+1/p-1. The largest absolute Gasteiger partial charge is 1.00 e. The van der Waals surface area contributed by atoms with Gasteiger partial charge in [0, 0.05) is 5.56 Å². The zero-order chi connectivity index (χ0) is 10.1. The number of benzene rings is 1. The summed E-state index contributed by atoms with van der Waals surface area (Å²) in [6, 6.07) is 4.99. The summed E-state index contributed by atoms with van der Waals surface area (Å²) >= 11 is 0. The monoisotopic (exact) mass is 224 g/mol. The normalized spacial score (nSPS) is 10.5. The molecule has 0 bridgehead atoms. The van der Waals surface area contributed by atoms with Crippen LogP contribution in [0, 0.1) is 6.92 Å². The second kappa shape index (κ2) is 5.32. The Morgan fingerprint density at radius 2 is 1.71 bits per heavy atom. The predicted octanol–water partition coefficient (Wildman–Crippen LogP) is -2.16. The predicted molar refractivity (Wildman–Crippen MR) is 40.1 cm³/mol. The number of carboxylic acids is 1. The average molecular weight is 224 g/mol. The van der Waals surface area contributed by atoms with Gasteiger partial charge in [-0.25, -0.2) is 0 Å². The van der Waals surface area contributed by atoms with Gasteiger partial charge in [0.2, 0.25) is 0 Å². The Balaban J connectivity index is 0.00000169. The summed E-state index contributed by atoms with van der Waals surface area (Å²) < 4.78 is 25.5. The fourth-order valence-electron chi connectivity index (χ4n) is 0.881. The summed E-state index contributed by atoms with van der Waals surface area (Å²) in [7, 11) is 0. The topological polar surface area (TPSA) is 40.1 Å². The van der Waals surface area contributed by atoms with Crippen molar-refractivity contribution in [2.75, 3.05) is 0 Å². The summed E-state index contributed by atoms with van der Waals surface area (Å²) in [6.45, 7) is 1.72. The van der Waals surface area contributed by atoms with Gasteiger partial charge < -0.3 is 9.90 Å². The third-order valence-corrected chi connectivity index (χ3v) is 1.67. The van der Waals surface area contributed by atoms with Gasteiger partial charge in [-0.05, 0) is 6.92 Å². The summed E-state index contributed by atoms with van der Waals surface area (Å²) in [5.74, 6) is -6.29. The maximum absolute atomic E-state index is 12.7. The average Bonchev–Trinajstić information content (AvgIpc) is 2.04. The minimum Gasteiger partial charge on any atom is -0.544 e. The van der Waals surface area contributed by atoms with Crippen LogP contribution in [0.25, 0.3) is 0 Å². The number of carbonyl (C=O) groups is 1. The molecule has 5 heteroatoms. The fourth-order valence-corrected chi connectivity index (χ4v) is 0.881. The van der Waals surface area contributed by atoms with Crippen molar-refractivity contribution in [2.45, 2.75) is 12.8 Å². The van der Waals surface area contributed by atoms with Crippen LogP contribution in [0.1, 0.15) is 11.1 Å². The maximum atomic E-state index is 12.7. The number of aryl methyl sites for hydroxylation is 1. The summed E-state index contributed by atoms with van der Waals surface area (Å²) in [5, 5.41) is 10.0. The van der Waals surface area contributed by atoms with Gasteiger partial charge in [-0.15, -0.1) is 0 Å². The summed E-state index contributed by atoms with van der Waals surface area (Å²) in [5.41, 5.74) is 0.232. The number of carboxylic acid groups (broad SMARTS) is 1. The van der Waals surface area contributed by atoms with Crippen LogP contribution >= 0.6 is 0 Å². The van der Waals surface area contributed by atoms with Crippen LogP contribution in [0.2, 0.25) is 0 Å². The first kappa shape index (κ1) is 14.2. The number of rotatable bonds is 2. The molecule has 14 heavy (non-hydrogen) atoms. The molecule has 0 atom stereocenters. The van der Waals surface area contributed by atoms with Gasteiger partial charge in [0.15, 0.2) is 0 Å². The molecule has 1 aromatic carbocycles. The minimum absolute atomic E-state index is 0. The van der Waals surface area contributed by atoms with Crippen molar-refractivity contribution in [1.82, 2.24) is 0 Å². The Bertz CT molecular complexity index is 322. The van der Waals surface area contributed by atoms with Crippen LogP contribution in [0.5, 0.6) is 0 Å². The molecule has 1 aromatic rings. The molecule has 0 spiro atoms. The summed E-state index contributed by atoms with van der Waals surface area (Å²) in [6.07, 6.45) is 0. The number of halogens is 2. The van der Waals surface area contributed by atoms with Crippen LogP contribution in [0.15, 0.2) is 24.3 Å².